The van der Waals surface area contributed by atoms with E-state index in [1.807, 2.05) is 7.05 Å². The fraction of sp³-hybridized carbons (Fsp3) is 0.818. The lowest BCUT2D eigenvalue weighted by molar-refractivity contribution is -0.00823. The van der Waals surface area contributed by atoms with Crippen molar-refractivity contribution in [2.75, 3.05) is 13.7 Å². The van der Waals surface area contributed by atoms with Crippen LogP contribution in [0.3, 0.4) is 0 Å². The molecule has 0 rings (SSSR count). The van der Waals surface area contributed by atoms with Crippen LogP contribution in [0.25, 0.3) is 0 Å². The second kappa shape index (κ2) is 5.40. The van der Waals surface area contributed by atoms with Crippen molar-refractivity contribution in [1.29, 1.82) is 0 Å². The summed E-state index contributed by atoms with van der Waals surface area (Å²) in [6.45, 7) is 11.1. The molecule has 0 saturated heterocycles. The first-order valence-electron chi connectivity index (χ1n) is 4.81. The van der Waals surface area contributed by atoms with Gasteiger partial charge in [0.1, 0.15) is 0 Å². The molecule has 1 N–H and O–H groups in total. The molecule has 0 aromatic heterocycles. The summed E-state index contributed by atoms with van der Waals surface area (Å²) in [6, 6.07) is 0.323. The predicted molar refractivity (Wildman–Crippen MR) is 58.0 cm³/mol. The van der Waals surface area contributed by atoms with Crippen LogP contribution in [-0.4, -0.2) is 25.3 Å². The quantitative estimate of drug-likeness (QED) is 0.679. The number of ether oxygens (including phenoxy) is 1. The van der Waals surface area contributed by atoms with Gasteiger partial charge in [0.05, 0.1) is 12.2 Å². The van der Waals surface area contributed by atoms with Gasteiger partial charge in [-0.1, -0.05) is 11.6 Å². The summed E-state index contributed by atoms with van der Waals surface area (Å²) in [5.74, 6) is 0. The lowest BCUT2D eigenvalue weighted by Crippen LogP contribution is -2.33. The van der Waals surface area contributed by atoms with E-state index in [9.17, 15) is 0 Å². The second-order valence-corrected chi connectivity index (χ2v) is 4.56. The fourth-order valence-electron chi connectivity index (χ4n) is 0.957. The molecule has 2 heteroatoms. The van der Waals surface area contributed by atoms with Gasteiger partial charge in [0, 0.05) is 6.04 Å². The van der Waals surface area contributed by atoms with Gasteiger partial charge in [-0.3, -0.25) is 0 Å². The van der Waals surface area contributed by atoms with E-state index in [1.165, 1.54) is 5.57 Å². The van der Waals surface area contributed by atoms with E-state index in [-0.39, 0.29) is 5.60 Å². The van der Waals surface area contributed by atoms with Crippen LogP contribution in [0.4, 0.5) is 0 Å². The van der Waals surface area contributed by atoms with E-state index in [0.29, 0.717) is 6.04 Å². The van der Waals surface area contributed by atoms with E-state index >= 15 is 0 Å². The minimum absolute atomic E-state index is 0.0510. The summed E-state index contributed by atoms with van der Waals surface area (Å²) < 4.78 is 5.68. The lowest BCUT2D eigenvalue weighted by Gasteiger charge is -2.23. The van der Waals surface area contributed by atoms with Crippen molar-refractivity contribution in [2.24, 2.45) is 0 Å². The van der Waals surface area contributed by atoms with Gasteiger partial charge >= 0.3 is 0 Å². The molecule has 0 heterocycles. The smallest absolute Gasteiger partial charge is 0.0662 e. The molecule has 0 aliphatic rings. The molecule has 78 valence electrons. The zero-order valence-corrected chi connectivity index (χ0v) is 9.77. The van der Waals surface area contributed by atoms with Crippen LogP contribution >= 0.6 is 0 Å². The molecule has 0 aliphatic carbocycles. The standard InChI is InChI=1S/C11H23NO/c1-9(2)7-10(12-6)8-13-11(3,4)5/h7,10,12H,8H2,1-6H3. The van der Waals surface area contributed by atoms with Crippen LogP contribution in [0.5, 0.6) is 0 Å². The van der Waals surface area contributed by atoms with Gasteiger partial charge in [-0.25, -0.2) is 0 Å². The maximum atomic E-state index is 5.68. The molecular weight excluding hydrogens is 162 g/mol. The number of rotatable bonds is 4. The van der Waals surface area contributed by atoms with Crippen molar-refractivity contribution in [1.82, 2.24) is 5.32 Å². The van der Waals surface area contributed by atoms with Crippen LogP contribution in [-0.2, 0) is 4.74 Å². The van der Waals surface area contributed by atoms with Gasteiger partial charge < -0.3 is 10.1 Å². The average Bonchev–Trinajstić information content (AvgIpc) is 1.95. The van der Waals surface area contributed by atoms with E-state index in [0.717, 1.165) is 6.61 Å². The molecular formula is C11H23NO. The monoisotopic (exact) mass is 185 g/mol. The van der Waals surface area contributed by atoms with E-state index in [2.05, 4.69) is 46.0 Å². The SMILES string of the molecule is CNC(C=C(C)C)COC(C)(C)C. The van der Waals surface area contributed by atoms with Crippen LogP contribution < -0.4 is 5.32 Å². The number of hydrogen-bond acceptors (Lipinski definition) is 2. The Balaban J connectivity index is 3.94. The van der Waals surface area contributed by atoms with Gasteiger partial charge in [0.15, 0.2) is 0 Å². The number of nitrogens with one attached hydrogen (secondary N) is 1. The third-order valence-electron chi connectivity index (χ3n) is 1.60. The van der Waals surface area contributed by atoms with Gasteiger partial charge in [-0.2, -0.15) is 0 Å². The van der Waals surface area contributed by atoms with Gasteiger partial charge in [-0.15, -0.1) is 0 Å². The summed E-state index contributed by atoms with van der Waals surface area (Å²) in [7, 11) is 1.95. The van der Waals surface area contributed by atoms with Crippen molar-refractivity contribution < 1.29 is 4.74 Å². The largest absolute Gasteiger partial charge is 0.374 e. The Morgan fingerprint density at radius 3 is 2.23 bits per heavy atom. The zero-order valence-electron chi connectivity index (χ0n) is 9.77. The van der Waals surface area contributed by atoms with Crippen molar-refractivity contribution in [3.8, 4) is 0 Å². The lowest BCUT2D eigenvalue weighted by atomic mass is 10.1. The highest BCUT2D eigenvalue weighted by molar-refractivity contribution is 5.00. The second-order valence-electron chi connectivity index (χ2n) is 4.56. The summed E-state index contributed by atoms with van der Waals surface area (Å²) >= 11 is 0. The highest BCUT2D eigenvalue weighted by Gasteiger charge is 2.12. The maximum absolute atomic E-state index is 5.68. The number of allylic oxidation sites excluding steroid dienone is 1. The minimum Gasteiger partial charge on any atom is -0.374 e. The molecule has 0 aliphatic heterocycles. The normalized spacial score (nSPS) is 14.0. The molecule has 0 fully saturated rings. The molecule has 0 radical (unpaired) electrons. The predicted octanol–water partition coefficient (Wildman–Crippen LogP) is 2.36. The summed E-state index contributed by atoms with van der Waals surface area (Å²) in [6.07, 6.45) is 2.19. The zero-order chi connectivity index (χ0) is 10.5. The molecule has 2 nitrogen and oxygen atoms in total. The first-order chi connectivity index (χ1) is 5.85. The molecule has 1 atom stereocenters. The Hall–Kier alpha value is -0.340. The third-order valence-corrected chi connectivity index (χ3v) is 1.60. The maximum Gasteiger partial charge on any atom is 0.0662 e. The van der Waals surface area contributed by atoms with E-state index < -0.39 is 0 Å². The first-order valence-corrected chi connectivity index (χ1v) is 4.81. The summed E-state index contributed by atoms with van der Waals surface area (Å²) in [5, 5.41) is 3.20. The molecule has 0 spiro atoms. The van der Waals surface area contributed by atoms with E-state index in [1.54, 1.807) is 0 Å². The fourth-order valence-corrected chi connectivity index (χ4v) is 0.957. The first kappa shape index (κ1) is 12.7. The average molecular weight is 185 g/mol. The Kier molecular flexibility index (Phi) is 5.26. The molecule has 0 bridgehead atoms. The van der Waals surface area contributed by atoms with Gasteiger partial charge in [-0.05, 0) is 41.7 Å². The summed E-state index contributed by atoms with van der Waals surface area (Å²) in [4.78, 5) is 0. The van der Waals surface area contributed by atoms with Crippen molar-refractivity contribution >= 4 is 0 Å². The minimum atomic E-state index is -0.0510. The number of hydrogen-bond donors (Lipinski definition) is 1. The van der Waals surface area contributed by atoms with Crippen molar-refractivity contribution in [3.63, 3.8) is 0 Å². The van der Waals surface area contributed by atoms with Crippen LogP contribution in [0, 0.1) is 0 Å². The van der Waals surface area contributed by atoms with E-state index in [4.69, 9.17) is 4.74 Å². The number of likely N-dealkylation sites (N-methyl/N-ethyl adjacent to an activating group) is 1. The van der Waals surface area contributed by atoms with Crippen LogP contribution in [0.1, 0.15) is 34.6 Å². The molecule has 0 saturated carbocycles. The molecule has 0 aromatic carbocycles. The summed E-state index contributed by atoms with van der Waals surface area (Å²) in [5.41, 5.74) is 1.27. The van der Waals surface area contributed by atoms with Gasteiger partial charge in [0.2, 0.25) is 0 Å². The highest BCUT2D eigenvalue weighted by Crippen LogP contribution is 2.07. The van der Waals surface area contributed by atoms with Gasteiger partial charge in [0.25, 0.3) is 0 Å². The Bertz CT molecular complexity index is 163. The molecule has 0 amide bonds. The van der Waals surface area contributed by atoms with Crippen molar-refractivity contribution in [2.45, 2.75) is 46.3 Å². The Labute approximate surface area is 82.4 Å². The van der Waals surface area contributed by atoms with Crippen molar-refractivity contribution in [3.05, 3.63) is 11.6 Å². The van der Waals surface area contributed by atoms with Crippen LogP contribution in [0.2, 0.25) is 0 Å². The molecule has 0 aromatic rings. The topological polar surface area (TPSA) is 21.3 Å². The molecule has 1 unspecified atom stereocenters. The molecule has 13 heavy (non-hydrogen) atoms. The highest BCUT2D eigenvalue weighted by atomic mass is 16.5. The third kappa shape index (κ3) is 8.00. The Morgan fingerprint density at radius 2 is 1.92 bits per heavy atom. The van der Waals surface area contributed by atoms with Crippen LogP contribution in [0.15, 0.2) is 11.6 Å². The Morgan fingerprint density at radius 1 is 1.38 bits per heavy atom.